The number of allylic oxidation sites excluding steroid dienone is 6. The Morgan fingerprint density at radius 3 is 1.69 bits per heavy atom. The van der Waals surface area contributed by atoms with Crippen LogP contribution in [0, 0.1) is 0 Å². The van der Waals surface area contributed by atoms with E-state index in [1.54, 1.807) is 0 Å². The van der Waals surface area contributed by atoms with E-state index in [1.165, 1.54) is 51.4 Å². The fraction of sp³-hybridized carbons (Fsp3) is 0.789. The average Bonchev–Trinajstić information content (AvgIpc) is 3.09. The summed E-state index contributed by atoms with van der Waals surface area (Å²) in [6.07, 6.45) is 32.6. The fourth-order valence-corrected chi connectivity index (χ4v) is 5.56. The van der Waals surface area contributed by atoms with Crippen LogP contribution < -0.4 is 0 Å². The molecule has 286 valence electrons. The normalized spacial score (nSPS) is 14.5. The standard InChI is InChI=1S/C38H69O10P/c1-3-5-7-9-11-13-15-16-17-18-20-22-24-26-28-30-38(42)48-36(34-47-49(43,44)46-32-35(40)31-39)33-45-37(41)29-27-25-23-21-19-14-12-10-8-6-4-2/h10,12,16-17,20,22,35-36,39-40H,3-9,11,13-15,18-19,21,23-34H2,1-2H3,(H,43,44)/b12-10+,17-16+,22-20+/t35-,36+/m0/s1. The molecule has 0 aliphatic heterocycles. The van der Waals surface area contributed by atoms with Gasteiger partial charge in [-0.25, -0.2) is 4.57 Å². The third-order valence-corrected chi connectivity index (χ3v) is 8.72. The Labute approximate surface area is 297 Å². The van der Waals surface area contributed by atoms with Crippen molar-refractivity contribution >= 4 is 19.8 Å². The van der Waals surface area contributed by atoms with E-state index in [9.17, 15) is 24.2 Å². The van der Waals surface area contributed by atoms with Crippen molar-refractivity contribution in [3.63, 3.8) is 0 Å². The van der Waals surface area contributed by atoms with E-state index in [1.807, 2.05) is 0 Å². The summed E-state index contributed by atoms with van der Waals surface area (Å²) in [5.41, 5.74) is 0. The van der Waals surface area contributed by atoms with Crippen molar-refractivity contribution in [2.24, 2.45) is 0 Å². The molecule has 10 nitrogen and oxygen atoms in total. The highest BCUT2D eigenvalue weighted by Gasteiger charge is 2.27. The van der Waals surface area contributed by atoms with Crippen LogP contribution in [0.5, 0.6) is 0 Å². The first kappa shape index (κ1) is 47.2. The van der Waals surface area contributed by atoms with Gasteiger partial charge < -0.3 is 24.6 Å². The number of aliphatic hydroxyl groups excluding tert-OH is 2. The van der Waals surface area contributed by atoms with Gasteiger partial charge in [-0.3, -0.25) is 18.6 Å². The van der Waals surface area contributed by atoms with Crippen LogP contribution in [0.3, 0.4) is 0 Å². The number of hydrogen-bond donors (Lipinski definition) is 3. The van der Waals surface area contributed by atoms with Crippen molar-refractivity contribution in [3.8, 4) is 0 Å². The minimum absolute atomic E-state index is 0.140. The first-order valence-corrected chi connectivity index (χ1v) is 20.4. The predicted molar refractivity (Wildman–Crippen MR) is 196 cm³/mol. The summed E-state index contributed by atoms with van der Waals surface area (Å²) in [7, 11) is -4.62. The number of carbonyl (C=O) groups is 2. The van der Waals surface area contributed by atoms with Gasteiger partial charge in [-0.1, -0.05) is 115 Å². The molecular formula is C38H69O10P. The summed E-state index contributed by atoms with van der Waals surface area (Å²) in [4.78, 5) is 34.7. The second-order valence-electron chi connectivity index (χ2n) is 12.6. The smallest absolute Gasteiger partial charge is 0.462 e. The first-order valence-electron chi connectivity index (χ1n) is 18.9. The van der Waals surface area contributed by atoms with Crippen LogP contribution in [-0.2, 0) is 32.7 Å². The monoisotopic (exact) mass is 716 g/mol. The van der Waals surface area contributed by atoms with Gasteiger partial charge >= 0.3 is 19.8 Å². The van der Waals surface area contributed by atoms with Crippen molar-refractivity contribution in [3.05, 3.63) is 36.5 Å². The van der Waals surface area contributed by atoms with E-state index >= 15 is 0 Å². The molecule has 0 aliphatic rings. The number of ether oxygens (including phenoxy) is 2. The Balaban J connectivity index is 4.45. The van der Waals surface area contributed by atoms with Crippen molar-refractivity contribution in [2.45, 2.75) is 167 Å². The number of hydrogen-bond acceptors (Lipinski definition) is 9. The molecule has 0 aromatic rings. The Bertz CT molecular complexity index is 920. The van der Waals surface area contributed by atoms with Gasteiger partial charge in [0.05, 0.1) is 19.8 Å². The van der Waals surface area contributed by atoms with Gasteiger partial charge in [0, 0.05) is 12.8 Å². The number of unbranched alkanes of at least 4 members (excludes halogenated alkanes) is 15. The minimum atomic E-state index is -4.62. The topological polar surface area (TPSA) is 149 Å². The van der Waals surface area contributed by atoms with Crippen LogP contribution in [0.2, 0.25) is 0 Å². The molecule has 0 spiro atoms. The quantitative estimate of drug-likeness (QED) is 0.0251. The highest BCUT2D eigenvalue weighted by Crippen LogP contribution is 2.43. The maximum Gasteiger partial charge on any atom is 0.472 e. The molecule has 0 aliphatic carbocycles. The lowest BCUT2D eigenvalue weighted by atomic mass is 10.1. The Hall–Kier alpha value is -1.81. The number of carbonyl (C=O) groups excluding carboxylic acids is 2. The highest BCUT2D eigenvalue weighted by molar-refractivity contribution is 7.47. The Morgan fingerprint density at radius 1 is 0.612 bits per heavy atom. The minimum Gasteiger partial charge on any atom is -0.462 e. The molecule has 49 heavy (non-hydrogen) atoms. The molecule has 0 aromatic carbocycles. The van der Waals surface area contributed by atoms with Gasteiger partial charge in [-0.05, 0) is 64.2 Å². The molecule has 0 bridgehead atoms. The Kier molecular flexibility index (Phi) is 33.4. The van der Waals surface area contributed by atoms with Crippen LogP contribution in [0.25, 0.3) is 0 Å². The fourth-order valence-electron chi connectivity index (χ4n) is 4.77. The number of phosphoric acid groups is 1. The SMILES string of the molecule is CCCC/C=C/CCCCCCCC(=O)OC[C@H](COP(=O)(O)OC[C@@H](O)CO)OC(=O)CCCC/C=C/C/C=C/CCCCCCCC. The zero-order valence-electron chi connectivity index (χ0n) is 30.7. The van der Waals surface area contributed by atoms with Crippen molar-refractivity contribution in [1.82, 2.24) is 0 Å². The number of aliphatic hydroxyl groups is 2. The predicted octanol–water partition coefficient (Wildman–Crippen LogP) is 9.22. The Morgan fingerprint density at radius 2 is 1.08 bits per heavy atom. The van der Waals surface area contributed by atoms with E-state index in [4.69, 9.17) is 19.1 Å². The summed E-state index contributed by atoms with van der Waals surface area (Å²) in [5, 5.41) is 18.3. The van der Waals surface area contributed by atoms with Gasteiger partial charge in [-0.15, -0.1) is 0 Å². The molecule has 3 atom stereocenters. The molecule has 0 aromatic heterocycles. The largest absolute Gasteiger partial charge is 0.472 e. The third-order valence-electron chi connectivity index (χ3n) is 7.77. The van der Waals surface area contributed by atoms with Crippen LogP contribution in [0.1, 0.15) is 155 Å². The second-order valence-corrected chi connectivity index (χ2v) is 14.0. The molecule has 0 radical (unpaired) electrons. The molecule has 0 saturated heterocycles. The van der Waals surface area contributed by atoms with Gasteiger partial charge in [-0.2, -0.15) is 0 Å². The van der Waals surface area contributed by atoms with Crippen LogP contribution in [0.15, 0.2) is 36.5 Å². The lowest BCUT2D eigenvalue weighted by molar-refractivity contribution is -0.161. The van der Waals surface area contributed by atoms with Crippen LogP contribution in [0.4, 0.5) is 0 Å². The van der Waals surface area contributed by atoms with E-state index in [-0.39, 0.29) is 19.4 Å². The van der Waals surface area contributed by atoms with Gasteiger partial charge in [0.1, 0.15) is 12.7 Å². The summed E-state index contributed by atoms with van der Waals surface area (Å²) < 4.78 is 32.5. The number of esters is 2. The number of phosphoric ester groups is 1. The first-order chi connectivity index (χ1) is 23.7. The lowest BCUT2D eigenvalue weighted by Gasteiger charge is -2.20. The average molecular weight is 717 g/mol. The summed E-state index contributed by atoms with van der Waals surface area (Å²) in [6, 6.07) is 0. The van der Waals surface area contributed by atoms with Gasteiger partial charge in [0.2, 0.25) is 0 Å². The highest BCUT2D eigenvalue weighted by atomic mass is 31.2. The molecule has 0 amide bonds. The lowest BCUT2D eigenvalue weighted by Crippen LogP contribution is -2.29. The molecule has 0 rings (SSSR count). The van der Waals surface area contributed by atoms with Crippen molar-refractivity contribution < 1.29 is 47.8 Å². The van der Waals surface area contributed by atoms with Gasteiger partial charge in [0.25, 0.3) is 0 Å². The van der Waals surface area contributed by atoms with E-state index < -0.39 is 51.8 Å². The zero-order chi connectivity index (χ0) is 36.3. The maximum atomic E-state index is 12.5. The molecule has 1 unspecified atom stereocenters. The van der Waals surface area contributed by atoms with E-state index in [2.05, 4.69) is 54.8 Å². The maximum absolute atomic E-state index is 12.5. The summed E-state index contributed by atoms with van der Waals surface area (Å²) >= 11 is 0. The zero-order valence-corrected chi connectivity index (χ0v) is 31.5. The molecule has 0 fully saturated rings. The van der Waals surface area contributed by atoms with Crippen LogP contribution >= 0.6 is 7.82 Å². The summed E-state index contributed by atoms with van der Waals surface area (Å²) in [6.45, 7) is 2.26. The van der Waals surface area contributed by atoms with Gasteiger partial charge in [0.15, 0.2) is 6.10 Å². The second kappa shape index (κ2) is 34.6. The van der Waals surface area contributed by atoms with E-state index in [0.29, 0.717) is 12.8 Å². The van der Waals surface area contributed by atoms with Crippen LogP contribution in [-0.4, -0.2) is 65.7 Å². The molecule has 3 N–H and O–H groups in total. The molecule has 0 saturated carbocycles. The molecular weight excluding hydrogens is 647 g/mol. The van der Waals surface area contributed by atoms with E-state index in [0.717, 1.165) is 64.2 Å². The third kappa shape index (κ3) is 34.4. The van der Waals surface area contributed by atoms with Crippen molar-refractivity contribution in [1.29, 1.82) is 0 Å². The number of rotatable bonds is 35. The molecule has 11 heteroatoms. The molecule has 0 heterocycles. The summed E-state index contributed by atoms with van der Waals surface area (Å²) in [5.74, 6) is -0.977. The van der Waals surface area contributed by atoms with Crippen molar-refractivity contribution in [2.75, 3.05) is 26.4 Å².